The maximum atomic E-state index is 11.8. The topological polar surface area (TPSA) is 55.3 Å². The van der Waals surface area contributed by atoms with Crippen LogP contribution in [0.3, 0.4) is 0 Å². The summed E-state index contributed by atoms with van der Waals surface area (Å²) in [4.78, 5) is 18.8. The Kier molecular flexibility index (Phi) is 4.86. The summed E-state index contributed by atoms with van der Waals surface area (Å²) in [5.74, 6) is 0.628. The van der Waals surface area contributed by atoms with E-state index in [0.717, 1.165) is 4.88 Å². The molecule has 2 aromatic heterocycles. The molecule has 0 radical (unpaired) electrons. The monoisotopic (exact) mass is 297 g/mol. The minimum Gasteiger partial charge on any atom is -0.459 e. The molecule has 5 nitrogen and oxygen atoms in total. The van der Waals surface area contributed by atoms with E-state index in [4.69, 9.17) is 4.74 Å². The van der Waals surface area contributed by atoms with Gasteiger partial charge in [0.2, 0.25) is 0 Å². The van der Waals surface area contributed by atoms with Crippen LogP contribution in [0.2, 0.25) is 0 Å². The molecular weight excluding hydrogens is 282 g/mol. The highest BCUT2D eigenvalue weighted by molar-refractivity contribution is 7.13. The molecule has 2 rings (SSSR count). The van der Waals surface area contributed by atoms with Crippen molar-refractivity contribution in [2.75, 3.05) is 19.7 Å². The van der Waals surface area contributed by atoms with Gasteiger partial charge < -0.3 is 9.64 Å². The molecule has 0 saturated carbocycles. The molecule has 1 amide bonds. The fourth-order valence-corrected chi connectivity index (χ4v) is 2.82. The van der Waals surface area contributed by atoms with Crippen molar-refractivity contribution in [3.8, 4) is 15.9 Å². The van der Waals surface area contributed by atoms with Crippen LogP contribution in [0, 0.1) is 0 Å². The van der Waals surface area contributed by atoms with Crippen molar-refractivity contribution in [1.82, 2.24) is 14.3 Å². The highest BCUT2D eigenvalue weighted by Gasteiger charge is 2.13. The quantitative estimate of drug-likeness (QED) is 0.822. The third-order valence-corrected chi connectivity index (χ3v) is 4.08. The zero-order valence-electron chi connectivity index (χ0n) is 10.8. The number of amides is 1. The Morgan fingerprint density at radius 3 is 2.84 bits per heavy atom. The van der Waals surface area contributed by atoms with Gasteiger partial charge in [0.25, 0.3) is 11.1 Å². The third-order valence-electron chi connectivity index (χ3n) is 2.58. The summed E-state index contributed by atoms with van der Waals surface area (Å²) in [5, 5.41) is 2.41. The van der Waals surface area contributed by atoms with E-state index >= 15 is 0 Å². The Balaban J connectivity index is 1.92. The predicted octanol–water partition coefficient (Wildman–Crippen LogP) is 2.51. The fourth-order valence-electron chi connectivity index (χ4n) is 1.57. The van der Waals surface area contributed by atoms with Crippen LogP contribution in [0.25, 0.3) is 10.7 Å². The number of hydrogen-bond acceptors (Lipinski definition) is 6. The van der Waals surface area contributed by atoms with Gasteiger partial charge in [0.1, 0.15) is 0 Å². The van der Waals surface area contributed by atoms with Crippen LogP contribution in [0.4, 0.5) is 0 Å². The molecule has 0 aliphatic rings. The maximum absolute atomic E-state index is 11.8. The highest BCUT2D eigenvalue weighted by atomic mass is 32.1. The van der Waals surface area contributed by atoms with Gasteiger partial charge in [0, 0.05) is 24.6 Å². The molecule has 2 aromatic rings. The summed E-state index contributed by atoms with van der Waals surface area (Å²) in [6.07, 6.45) is 0. The van der Waals surface area contributed by atoms with E-state index < -0.39 is 0 Å². The molecule has 0 aliphatic heterocycles. The van der Waals surface area contributed by atoms with E-state index in [-0.39, 0.29) is 12.5 Å². The van der Waals surface area contributed by atoms with Gasteiger partial charge in [-0.05, 0) is 25.3 Å². The van der Waals surface area contributed by atoms with Gasteiger partial charge >= 0.3 is 0 Å². The molecule has 0 aliphatic carbocycles. The number of carbonyl (C=O) groups is 1. The summed E-state index contributed by atoms with van der Waals surface area (Å²) in [5.41, 5.74) is 0. The van der Waals surface area contributed by atoms with Crippen LogP contribution in [-0.2, 0) is 4.79 Å². The number of ether oxygens (including phenoxy) is 1. The molecule has 0 unspecified atom stereocenters. The van der Waals surface area contributed by atoms with Gasteiger partial charge in [-0.3, -0.25) is 4.79 Å². The second-order valence-electron chi connectivity index (χ2n) is 3.72. The zero-order valence-corrected chi connectivity index (χ0v) is 12.5. The van der Waals surface area contributed by atoms with Crippen molar-refractivity contribution < 1.29 is 9.53 Å². The largest absolute Gasteiger partial charge is 0.459 e. The van der Waals surface area contributed by atoms with Crippen molar-refractivity contribution in [1.29, 1.82) is 0 Å². The number of likely N-dealkylation sites (N-methyl/N-ethyl adjacent to an activating group) is 1. The smallest absolute Gasteiger partial charge is 0.294 e. The second kappa shape index (κ2) is 6.63. The predicted molar refractivity (Wildman–Crippen MR) is 76.6 cm³/mol. The lowest BCUT2D eigenvalue weighted by Crippen LogP contribution is -2.34. The summed E-state index contributed by atoms with van der Waals surface area (Å²) in [7, 11) is 0. The molecule has 0 saturated heterocycles. The van der Waals surface area contributed by atoms with Gasteiger partial charge in [-0.2, -0.15) is 9.36 Å². The average Bonchev–Trinajstić information content (AvgIpc) is 3.08. The van der Waals surface area contributed by atoms with E-state index in [9.17, 15) is 4.79 Å². The van der Waals surface area contributed by atoms with Crippen LogP contribution >= 0.6 is 22.9 Å². The second-order valence-corrected chi connectivity index (χ2v) is 5.38. The average molecular weight is 297 g/mol. The Bertz CT molecular complexity index is 521. The molecule has 19 heavy (non-hydrogen) atoms. The number of thiophene rings is 1. The van der Waals surface area contributed by atoms with Crippen molar-refractivity contribution in [2.45, 2.75) is 13.8 Å². The number of aromatic nitrogens is 2. The molecule has 0 fully saturated rings. The van der Waals surface area contributed by atoms with Crippen LogP contribution < -0.4 is 4.74 Å². The van der Waals surface area contributed by atoms with Gasteiger partial charge in [-0.25, -0.2) is 0 Å². The zero-order chi connectivity index (χ0) is 13.7. The maximum Gasteiger partial charge on any atom is 0.294 e. The first-order valence-corrected chi connectivity index (χ1v) is 7.68. The van der Waals surface area contributed by atoms with Crippen LogP contribution in [0.15, 0.2) is 17.5 Å². The Hall–Kier alpha value is -1.47. The van der Waals surface area contributed by atoms with Crippen LogP contribution in [0.5, 0.6) is 5.19 Å². The van der Waals surface area contributed by atoms with Gasteiger partial charge in [-0.15, -0.1) is 11.3 Å². The SMILES string of the molecule is CCN(CC)C(=O)COc1nc(-c2cccs2)ns1. The van der Waals surface area contributed by atoms with Crippen molar-refractivity contribution in [3.63, 3.8) is 0 Å². The summed E-state index contributed by atoms with van der Waals surface area (Å²) < 4.78 is 9.60. The summed E-state index contributed by atoms with van der Waals surface area (Å²) in [6.45, 7) is 5.29. The number of hydrogen-bond donors (Lipinski definition) is 0. The fraction of sp³-hybridized carbons (Fsp3) is 0.417. The Labute approximate surface area is 120 Å². The van der Waals surface area contributed by atoms with Crippen molar-refractivity contribution >= 4 is 28.8 Å². The van der Waals surface area contributed by atoms with Crippen LogP contribution in [0.1, 0.15) is 13.8 Å². The normalized spacial score (nSPS) is 10.4. The van der Waals surface area contributed by atoms with Crippen molar-refractivity contribution in [3.05, 3.63) is 17.5 Å². The van der Waals surface area contributed by atoms with E-state index in [1.165, 1.54) is 11.5 Å². The molecule has 0 atom stereocenters. The van der Waals surface area contributed by atoms with Gasteiger partial charge in [-0.1, -0.05) is 6.07 Å². The van der Waals surface area contributed by atoms with Crippen molar-refractivity contribution in [2.24, 2.45) is 0 Å². The summed E-state index contributed by atoms with van der Waals surface area (Å²) in [6, 6.07) is 3.91. The molecule has 2 heterocycles. The lowest BCUT2D eigenvalue weighted by molar-refractivity contribution is -0.132. The van der Waals surface area contributed by atoms with E-state index in [2.05, 4.69) is 9.36 Å². The number of rotatable bonds is 6. The molecular formula is C12H15N3O2S2. The van der Waals surface area contributed by atoms with E-state index in [0.29, 0.717) is 24.1 Å². The minimum absolute atomic E-state index is 0.0146. The molecule has 102 valence electrons. The lowest BCUT2D eigenvalue weighted by atomic mass is 10.4. The molecule has 0 spiro atoms. The van der Waals surface area contributed by atoms with E-state index in [1.807, 2.05) is 31.4 Å². The molecule has 0 aromatic carbocycles. The number of nitrogens with zero attached hydrogens (tertiary/aromatic N) is 3. The third kappa shape index (κ3) is 3.51. The molecule has 0 N–H and O–H groups in total. The van der Waals surface area contributed by atoms with Gasteiger partial charge in [0.15, 0.2) is 12.4 Å². The Morgan fingerprint density at radius 1 is 1.42 bits per heavy atom. The standard InChI is InChI=1S/C12H15N3O2S2/c1-3-15(4-2)10(16)8-17-12-13-11(14-19-12)9-6-5-7-18-9/h5-7H,3-4,8H2,1-2H3. The summed E-state index contributed by atoms with van der Waals surface area (Å²) >= 11 is 2.75. The molecule has 7 heteroatoms. The first-order valence-electron chi connectivity index (χ1n) is 6.02. The first kappa shape index (κ1) is 14.0. The highest BCUT2D eigenvalue weighted by Crippen LogP contribution is 2.26. The van der Waals surface area contributed by atoms with Crippen LogP contribution in [-0.4, -0.2) is 39.9 Å². The van der Waals surface area contributed by atoms with Gasteiger partial charge in [0.05, 0.1) is 4.88 Å². The van der Waals surface area contributed by atoms with E-state index in [1.54, 1.807) is 16.2 Å². The lowest BCUT2D eigenvalue weighted by Gasteiger charge is -2.17. The first-order chi connectivity index (χ1) is 9.24. The number of carbonyl (C=O) groups excluding carboxylic acids is 1. The minimum atomic E-state index is -0.0297. The molecule has 0 bridgehead atoms. The Morgan fingerprint density at radius 2 is 2.21 bits per heavy atom.